The number of ether oxygens (including phenoxy) is 2. The molecule has 3 rings (SSSR count). The van der Waals surface area contributed by atoms with Crippen LogP contribution in [0.3, 0.4) is 0 Å². The van der Waals surface area contributed by atoms with E-state index in [1.54, 1.807) is 19.2 Å². The maximum atomic E-state index is 12.4. The average Bonchev–Trinajstić information content (AvgIpc) is 3.08. The first-order valence-electron chi connectivity index (χ1n) is 8.69. The van der Waals surface area contributed by atoms with E-state index < -0.39 is 0 Å². The fourth-order valence-electron chi connectivity index (χ4n) is 2.56. The summed E-state index contributed by atoms with van der Waals surface area (Å²) in [6, 6.07) is 12.9. The van der Waals surface area contributed by atoms with Gasteiger partial charge in [0.15, 0.2) is 5.13 Å². The number of nitrogens with zero attached hydrogens (tertiary/aromatic N) is 1. The first kappa shape index (κ1) is 18.2. The molecule has 5 nitrogen and oxygen atoms in total. The minimum absolute atomic E-state index is 0.194. The lowest BCUT2D eigenvalue weighted by atomic mass is 10.2. The van der Waals surface area contributed by atoms with Crippen molar-refractivity contribution in [2.24, 2.45) is 0 Å². The Balaban J connectivity index is 1.64. The number of amides is 1. The van der Waals surface area contributed by atoms with E-state index in [0.29, 0.717) is 23.1 Å². The number of benzene rings is 2. The number of carbonyl (C=O) groups is 1. The number of thiazole rings is 1. The molecular formula is C20H22N2O3S. The number of unbranched alkanes of at least 4 members (excludes halogenated alkanes) is 2. The number of carbonyl (C=O) groups excluding carboxylic acids is 1. The lowest BCUT2D eigenvalue weighted by Crippen LogP contribution is -2.11. The summed E-state index contributed by atoms with van der Waals surface area (Å²) in [6.45, 7) is 2.86. The zero-order chi connectivity index (χ0) is 18.4. The third-order valence-electron chi connectivity index (χ3n) is 3.96. The van der Waals surface area contributed by atoms with Gasteiger partial charge in [0.2, 0.25) is 0 Å². The van der Waals surface area contributed by atoms with Crippen LogP contribution in [0.4, 0.5) is 5.13 Å². The fraction of sp³-hybridized carbons (Fsp3) is 0.300. The monoisotopic (exact) mass is 370 g/mol. The predicted molar refractivity (Wildman–Crippen MR) is 106 cm³/mol. The molecule has 0 aliphatic heterocycles. The van der Waals surface area contributed by atoms with Crippen LogP contribution >= 0.6 is 11.3 Å². The molecule has 0 unspecified atom stereocenters. The lowest BCUT2D eigenvalue weighted by molar-refractivity contribution is 0.102. The van der Waals surface area contributed by atoms with E-state index >= 15 is 0 Å². The summed E-state index contributed by atoms with van der Waals surface area (Å²) in [7, 11) is 1.61. The van der Waals surface area contributed by atoms with E-state index in [1.165, 1.54) is 17.8 Å². The number of hydrogen-bond acceptors (Lipinski definition) is 5. The van der Waals surface area contributed by atoms with Crippen molar-refractivity contribution in [3.05, 3.63) is 48.0 Å². The van der Waals surface area contributed by atoms with Crippen molar-refractivity contribution in [2.75, 3.05) is 19.0 Å². The molecule has 0 aliphatic carbocycles. The van der Waals surface area contributed by atoms with Crippen LogP contribution in [0.5, 0.6) is 11.5 Å². The van der Waals surface area contributed by atoms with Gasteiger partial charge in [0.05, 0.1) is 18.4 Å². The topological polar surface area (TPSA) is 60.5 Å². The second-order valence-corrected chi connectivity index (χ2v) is 6.89. The molecule has 1 aromatic heterocycles. The standard InChI is InChI=1S/C20H22N2O3S/c1-3-4-5-13-25-15-11-9-14(10-12-15)19(23)22-20-21-18-16(24-2)7-6-8-17(18)26-20/h6-12H,3-5,13H2,1-2H3,(H,21,22,23). The normalized spacial score (nSPS) is 10.7. The molecule has 0 saturated heterocycles. The van der Waals surface area contributed by atoms with E-state index in [0.717, 1.165) is 28.8 Å². The summed E-state index contributed by atoms with van der Waals surface area (Å²) in [6.07, 6.45) is 3.37. The largest absolute Gasteiger partial charge is 0.494 e. The van der Waals surface area contributed by atoms with Crippen molar-refractivity contribution in [3.8, 4) is 11.5 Å². The highest BCUT2D eigenvalue weighted by Gasteiger charge is 2.12. The molecule has 0 atom stereocenters. The van der Waals surface area contributed by atoms with Crippen molar-refractivity contribution in [2.45, 2.75) is 26.2 Å². The third-order valence-corrected chi connectivity index (χ3v) is 4.89. The van der Waals surface area contributed by atoms with E-state index in [9.17, 15) is 4.79 Å². The van der Waals surface area contributed by atoms with E-state index in [1.807, 2.05) is 30.3 Å². The Labute approximate surface area is 157 Å². The van der Waals surface area contributed by atoms with E-state index in [2.05, 4.69) is 17.2 Å². The molecule has 0 aliphatic rings. The molecule has 136 valence electrons. The van der Waals surface area contributed by atoms with Crippen molar-refractivity contribution in [1.29, 1.82) is 0 Å². The van der Waals surface area contributed by atoms with Gasteiger partial charge in [0, 0.05) is 5.56 Å². The Morgan fingerprint density at radius 3 is 2.69 bits per heavy atom. The third kappa shape index (κ3) is 4.32. The van der Waals surface area contributed by atoms with Crippen LogP contribution in [-0.2, 0) is 0 Å². The quantitative estimate of drug-likeness (QED) is 0.559. The first-order chi connectivity index (χ1) is 12.7. The minimum atomic E-state index is -0.194. The molecule has 0 spiro atoms. The maximum Gasteiger partial charge on any atom is 0.257 e. The van der Waals surface area contributed by atoms with Gasteiger partial charge in [-0.1, -0.05) is 37.2 Å². The number of para-hydroxylation sites is 1. The highest BCUT2D eigenvalue weighted by molar-refractivity contribution is 7.22. The molecule has 0 saturated carbocycles. The Morgan fingerprint density at radius 1 is 1.15 bits per heavy atom. The van der Waals surface area contributed by atoms with Gasteiger partial charge in [-0.05, 0) is 42.8 Å². The highest BCUT2D eigenvalue weighted by Crippen LogP contribution is 2.32. The second-order valence-electron chi connectivity index (χ2n) is 5.86. The summed E-state index contributed by atoms with van der Waals surface area (Å²) in [5.74, 6) is 1.28. The lowest BCUT2D eigenvalue weighted by Gasteiger charge is -2.06. The number of aromatic nitrogens is 1. The summed E-state index contributed by atoms with van der Waals surface area (Å²) in [4.78, 5) is 16.9. The smallest absolute Gasteiger partial charge is 0.257 e. The predicted octanol–water partition coefficient (Wildman–Crippen LogP) is 5.13. The van der Waals surface area contributed by atoms with Gasteiger partial charge in [-0.3, -0.25) is 10.1 Å². The summed E-state index contributed by atoms with van der Waals surface area (Å²) >= 11 is 1.42. The molecule has 0 bridgehead atoms. The molecule has 0 fully saturated rings. The van der Waals surface area contributed by atoms with Crippen LogP contribution < -0.4 is 14.8 Å². The van der Waals surface area contributed by atoms with Crippen molar-refractivity contribution in [1.82, 2.24) is 4.98 Å². The first-order valence-corrected chi connectivity index (χ1v) is 9.50. The zero-order valence-electron chi connectivity index (χ0n) is 15.0. The molecule has 0 radical (unpaired) electrons. The average molecular weight is 370 g/mol. The van der Waals surface area contributed by atoms with Crippen LogP contribution in [0.2, 0.25) is 0 Å². The van der Waals surface area contributed by atoms with Crippen LogP contribution in [0, 0.1) is 0 Å². The van der Waals surface area contributed by atoms with Crippen LogP contribution in [0.15, 0.2) is 42.5 Å². The number of hydrogen-bond donors (Lipinski definition) is 1. The Morgan fingerprint density at radius 2 is 1.96 bits per heavy atom. The van der Waals surface area contributed by atoms with Gasteiger partial charge >= 0.3 is 0 Å². The van der Waals surface area contributed by atoms with Crippen molar-refractivity contribution >= 4 is 32.6 Å². The van der Waals surface area contributed by atoms with Gasteiger partial charge < -0.3 is 9.47 Å². The molecule has 3 aromatic rings. The molecule has 1 heterocycles. The van der Waals surface area contributed by atoms with E-state index in [-0.39, 0.29) is 5.91 Å². The number of rotatable bonds is 8. The highest BCUT2D eigenvalue weighted by atomic mass is 32.1. The number of anilines is 1. The molecule has 1 amide bonds. The van der Waals surface area contributed by atoms with Gasteiger partial charge in [-0.15, -0.1) is 0 Å². The summed E-state index contributed by atoms with van der Waals surface area (Å²) in [5, 5.41) is 3.40. The van der Waals surface area contributed by atoms with Crippen molar-refractivity contribution in [3.63, 3.8) is 0 Å². The van der Waals surface area contributed by atoms with Crippen LogP contribution in [0.1, 0.15) is 36.5 Å². The summed E-state index contributed by atoms with van der Waals surface area (Å²) < 4.78 is 11.9. The van der Waals surface area contributed by atoms with Gasteiger partial charge in [-0.2, -0.15) is 0 Å². The van der Waals surface area contributed by atoms with Crippen LogP contribution in [-0.4, -0.2) is 24.6 Å². The number of fused-ring (bicyclic) bond motifs is 1. The molecule has 26 heavy (non-hydrogen) atoms. The van der Waals surface area contributed by atoms with Gasteiger partial charge in [0.1, 0.15) is 17.0 Å². The second kappa shape index (κ2) is 8.67. The van der Waals surface area contributed by atoms with E-state index in [4.69, 9.17) is 9.47 Å². The van der Waals surface area contributed by atoms with Crippen molar-refractivity contribution < 1.29 is 14.3 Å². The summed E-state index contributed by atoms with van der Waals surface area (Å²) in [5.41, 5.74) is 1.32. The van der Waals surface area contributed by atoms with Gasteiger partial charge in [0.25, 0.3) is 5.91 Å². The Hall–Kier alpha value is -2.60. The SMILES string of the molecule is CCCCCOc1ccc(C(=O)Nc2nc3c(OC)cccc3s2)cc1. The maximum absolute atomic E-state index is 12.4. The minimum Gasteiger partial charge on any atom is -0.494 e. The fourth-order valence-corrected chi connectivity index (χ4v) is 3.43. The zero-order valence-corrected chi connectivity index (χ0v) is 15.8. The van der Waals surface area contributed by atoms with Crippen LogP contribution in [0.25, 0.3) is 10.2 Å². The molecular weight excluding hydrogens is 348 g/mol. The molecule has 1 N–H and O–H groups in total. The number of nitrogens with one attached hydrogen (secondary N) is 1. The number of methoxy groups -OCH3 is 1. The molecule has 2 aromatic carbocycles. The Bertz CT molecular complexity index is 874. The van der Waals surface area contributed by atoms with Gasteiger partial charge in [-0.25, -0.2) is 4.98 Å². The molecule has 6 heteroatoms. The Kier molecular flexibility index (Phi) is 6.07.